The van der Waals surface area contributed by atoms with Crippen molar-refractivity contribution < 1.29 is 9.90 Å². The van der Waals surface area contributed by atoms with Crippen LogP contribution in [-0.4, -0.2) is 29.1 Å². The van der Waals surface area contributed by atoms with Crippen molar-refractivity contribution in [3.05, 3.63) is 35.9 Å². The fourth-order valence-electron chi connectivity index (χ4n) is 1.42. The second-order valence-corrected chi connectivity index (χ2v) is 5.06. The van der Waals surface area contributed by atoms with Crippen LogP contribution in [0.1, 0.15) is 25.0 Å². The van der Waals surface area contributed by atoms with Crippen LogP contribution in [-0.2, 0) is 4.79 Å². The minimum absolute atomic E-state index is 0.0257. The van der Waals surface area contributed by atoms with Crippen LogP contribution in [0.2, 0.25) is 0 Å². The van der Waals surface area contributed by atoms with Gasteiger partial charge < -0.3 is 10.4 Å². The average molecular weight is 253 g/mol. The first-order valence-electron chi connectivity index (χ1n) is 5.68. The summed E-state index contributed by atoms with van der Waals surface area (Å²) in [4.78, 5) is 11.5. The zero-order valence-corrected chi connectivity index (χ0v) is 11.0. The summed E-state index contributed by atoms with van der Waals surface area (Å²) in [7, 11) is 0. The van der Waals surface area contributed by atoms with Crippen LogP contribution < -0.4 is 5.32 Å². The van der Waals surface area contributed by atoms with E-state index < -0.39 is 6.10 Å². The molecule has 0 aliphatic rings. The Morgan fingerprint density at radius 2 is 2.06 bits per heavy atom. The Labute approximate surface area is 107 Å². The molecule has 0 saturated carbocycles. The van der Waals surface area contributed by atoms with E-state index in [0.717, 1.165) is 5.56 Å². The Morgan fingerprint density at radius 3 is 2.65 bits per heavy atom. The number of benzene rings is 1. The SMILES string of the molecule is CSC(C)C(=O)NCCC(O)c1ccccc1. The zero-order valence-electron chi connectivity index (χ0n) is 10.2. The largest absolute Gasteiger partial charge is 0.388 e. The van der Waals surface area contributed by atoms with E-state index in [4.69, 9.17) is 0 Å². The minimum Gasteiger partial charge on any atom is -0.388 e. The molecule has 0 saturated heterocycles. The number of aliphatic hydroxyl groups excluding tert-OH is 1. The second-order valence-electron chi connectivity index (χ2n) is 3.88. The van der Waals surface area contributed by atoms with Gasteiger partial charge in [0.1, 0.15) is 0 Å². The van der Waals surface area contributed by atoms with Gasteiger partial charge in [-0.3, -0.25) is 4.79 Å². The molecule has 0 aliphatic carbocycles. The standard InChI is InChI=1S/C13H19NO2S/c1-10(17-2)13(16)14-9-8-12(15)11-6-4-3-5-7-11/h3-7,10,12,15H,8-9H2,1-2H3,(H,14,16). The molecule has 94 valence electrons. The first-order chi connectivity index (χ1) is 8.15. The average Bonchev–Trinajstić information content (AvgIpc) is 2.38. The van der Waals surface area contributed by atoms with E-state index in [-0.39, 0.29) is 11.2 Å². The molecule has 0 spiro atoms. The van der Waals surface area contributed by atoms with Crippen molar-refractivity contribution in [1.82, 2.24) is 5.32 Å². The van der Waals surface area contributed by atoms with E-state index >= 15 is 0 Å². The first-order valence-corrected chi connectivity index (χ1v) is 6.97. The summed E-state index contributed by atoms with van der Waals surface area (Å²) in [6, 6.07) is 9.48. The summed E-state index contributed by atoms with van der Waals surface area (Å²) in [5, 5.41) is 12.6. The summed E-state index contributed by atoms with van der Waals surface area (Å²) in [6.07, 6.45) is 1.93. The lowest BCUT2D eigenvalue weighted by Crippen LogP contribution is -2.32. The Morgan fingerprint density at radius 1 is 1.41 bits per heavy atom. The molecule has 1 rings (SSSR count). The zero-order chi connectivity index (χ0) is 12.7. The molecule has 2 N–H and O–H groups in total. The van der Waals surface area contributed by atoms with Crippen molar-refractivity contribution >= 4 is 17.7 Å². The molecule has 0 heterocycles. The number of rotatable bonds is 6. The fourth-order valence-corrected chi connectivity index (χ4v) is 1.72. The molecule has 4 heteroatoms. The predicted octanol–water partition coefficient (Wildman–Crippen LogP) is 1.98. The third-order valence-corrected chi connectivity index (χ3v) is 3.55. The number of carbonyl (C=O) groups excluding carboxylic acids is 1. The first kappa shape index (κ1) is 14.1. The van der Waals surface area contributed by atoms with E-state index in [0.29, 0.717) is 13.0 Å². The van der Waals surface area contributed by atoms with Crippen LogP contribution >= 0.6 is 11.8 Å². The van der Waals surface area contributed by atoms with Crippen molar-refractivity contribution in [2.75, 3.05) is 12.8 Å². The van der Waals surface area contributed by atoms with E-state index in [1.807, 2.05) is 43.5 Å². The highest BCUT2D eigenvalue weighted by atomic mass is 32.2. The van der Waals surface area contributed by atoms with Gasteiger partial charge in [0.2, 0.25) is 5.91 Å². The summed E-state index contributed by atoms with van der Waals surface area (Å²) in [6.45, 7) is 2.37. The van der Waals surface area contributed by atoms with Crippen LogP contribution in [0.3, 0.4) is 0 Å². The topological polar surface area (TPSA) is 49.3 Å². The Balaban J connectivity index is 2.30. The van der Waals surface area contributed by atoms with Crippen LogP contribution in [0.5, 0.6) is 0 Å². The summed E-state index contributed by atoms with van der Waals surface area (Å²) >= 11 is 1.51. The van der Waals surface area contributed by atoms with Gasteiger partial charge in [0.25, 0.3) is 0 Å². The van der Waals surface area contributed by atoms with E-state index in [9.17, 15) is 9.90 Å². The van der Waals surface area contributed by atoms with Crippen LogP contribution in [0.25, 0.3) is 0 Å². The normalized spacial score (nSPS) is 14.1. The molecule has 0 bridgehead atoms. The van der Waals surface area contributed by atoms with Gasteiger partial charge >= 0.3 is 0 Å². The fraction of sp³-hybridized carbons (Fsp3) is 0.462. The molecule has 0 aromatic heterocycles. The highest BCUT2D eigenvalue weighted by Gasteiger charge is 2.11. The molecule has 3 nitrogen and oxygen atoms in total. The van der Waals surface area contributed by atoms with Gasteiger partial charge in [-0.1, -0.05) is 30.3 Å². The third kappa shape index (κ3) is 4.79. The van der Waals surface area contributed by atoms with Gasteiger partial charge in [-0.05, 0) is 25.2 Å². The van der Waals surface area contributed by atoms with E-state index in [1.165, 1.54) is 11.8 Å². The Hall–Kier alpha value is -1.00. The van der Waals surface area contributed by atoms with Crippen molar-refractivity contribution in [3.8, 4) is 0 Å². The van der Waals surface area contributed by atoms with Gasteiger partial charge in [-0.2, -0.15) is 11.8 Å². The maximum atomic E-state index is 11.5. The predicted molar refractivity (Wildman–Crippen MR) is 72.0 cm³/mol. The van der Waals surface area contributed by atoms with Crippen LogP contribution in [0.15, 0.2) is 30.3 Å². The van der Waals surface area contributed by atoms with Crippen molar-refractivity contribution in [3.63, 3.8) is 0 Å². The molecule has 17 heavy (non-hydrogen) atoms. The monoisotopic (exact) mass is 253 g/mol. The summed E-state index contributed by atoms with van der Waals surface area (Å²) in [5.41, 5.74) is 0.889. The van der Waals surface area contributed by atoms with E-state index in [1.54, 1.807) is 0 Å². The lowest BCUT2D eigenvalue weighted by molar-refractivity contribution is -0.120. The van der Waals surface area contributed by atoms with E-state index in [2.05, 4.69) is 5.32 Å². The van der Waals surface area contributed by atoms with Gasteiger partial charge in [-0.15, -0.1) is 0 Å². The van der Waals surface area contributed by atoms with Crippen molar-refractivity contribution in [2.24, 2.45) is 0 Å². The number of hydrogen-bond acceptors (Lipinski definition) is 3. The van der Waals surface area contributed by atoms with Crippen molar-refractivity contribution in [2.45, 2.75) is 24.7 Å². The van der Waals surface area contributed by atoms with Gasteiger partial charge in [0.15, 0.2) is 0 Å². The molecule has 0 radical (unpaired) electrons. The van der Waals surface area contributed by atoms with Gasteiger partial charge in [0, 0.05) is 6.54 Å². The van der Waals surface area contributed by atoms with Crippen molar-refractivity contribution in [1.29, 1.82) is 0 Å². The summed E-state index contributed by atoms with van der Waals surface area (Å²) in [5.74, 6) is 0.0257. The van der Waals surface area contributed by atoms with Gasteiger partial charge in [0.05, 0.1) is 11.4 Å². The molecule has 2 unspecified atom stereocenters. The quantitative estimate of drug-likeness (QED) is 0.815. The number of hydrogen-bond donors (Lipinski definition) is 2. The Kier molecular flexibility index (Phi) is 6.08. The number of aliphatic hydroxyl groups is 1. The molecular weight excluding hydrogens is 234 g/mol. The number of nitrogens with one attached hydrogen (secondary N) is 1. The highest BCUT2D eigenvalue weighted by Crippen LogP contribution is 2.15. The van der Waals surface area contributed by atoms with Crippen LogP contribution in [0, 0.1) is 0 Å². The molecule has 0 fully saturated rings. The smallest absolute Gasteiger partial charge is 0.232 e. The minimum atomic E-state index is -0.513. The lowest BCUT2D eigenvalue weighted by Gasteiger charge is -2.13. The molecule has 2 atom stereocenters. The molecule has 1 aromatic carbocycles. The van der Waals surface area contributed by atoms with Crippen LogP contribution in [0.4, 0.5) is 0 Å². The Bertz CT molecular complexity index is 343. The molecule has 1 amide bonds. The maximum Gasteiger partial charge on any atom is 0.232 e. The second kappa shape index (κ2) is 7.35. The molecule has 0 aliphatic heterocycles. The number of thioether (sulfide) groups is 1. The summed E-state index contributed by atoms with van der Waals surface area (Å²) < 4.78 is 0. The number of carbonyl (C=O) groups is 1. The number of amides is 1. The highest BCUT2D eigenvalue weighted by molar-refractivity contribution is 7.99. The molecule has 1 aromatic rings. The van der Waals surface area contributed by atoms with Gasteiger partial charge in [-0.25, -0.2) is 0 Å². The maximum absolute atomic E-state index is 11.5. The third-order valence-electron chi connectivity index (χ3n) is 2.62. The lowest BCUT2D eigenvalue weighted by atomic mass is 10.1. The molecular formula is C13H19NO2S.